The molecule has 0 bridgehead atoms. The summed E-state index contributed by atoms with van der Waals surface area (Å²) in [5.41, 5.74) is 1.16. The van der Waals surface area contributed by atoms with Crippen molar-refractivity contribution in [3.63, 3.8) is 0 Å². The van der Waals surface area contributed by atoms with Gasteiger partial charge in [-0.2, -0.15) is 0 Å². The van der Waals surface area contributed by atoms with Gasteiger partial charge in [0.2, 0.25) is 0 Å². The second kappa shape index (κ2) is 18.2. The number of carbonyl (C=O) groups excluding carboxylic acids is 3. The number of carboxylic acids is 1. The Hall–Kier alpha value is -3.20. The largest absolute Gasteiger partial charge is 0.478 e. The summed E-state index contributed by atoms with van der Waals surface area (Å²) in [7, 11) is 0. The molecule has 0 amide bonds. The molecule has 0 aromatic carbocycles. The van der Waals surface area contributed by atoms with Gasteiger partial charge in [0, 0.05) is 22.3 Å². The third-order valence-electron chi connectivity index (χ3n) is 2.28. The van der Waals surface area contributed by atoms with Crippen molar-refractivity contribution in [2.24, 2.45) is 0 Å². The van der Waals surface area contributed by atoms with Crippen molar-refractivity contribution < 1.29 is 43.6 Å². The highest BCUT2D eigenvalue weighted by Gasteiger charge is 2.05. The number of hydrogen-bond donors (Lipinski definition) is 2. The van der Waals surface area contributed by atoms with E-state index in [9.17, 15) is 19.2 Å². The fraction of sp³-hybridized carbons (Fsp3) is 0.400. The van der Waals surface area contributed by atoms with Crippen LogP contribution in [0.25, 0.3) is 0 Å². The highest BCUT2D eigenvalue weighted by molar-refractivity contribution is 5.88. The molecule has 0 rings (SSSR count). The van der Waals surface area contributed by atoms with Crippen LogP contribution in [0.2, 0.25) is 0 Å². The second-order valence-corrected chi connectivity index (χ2v) is 5.56. The van der Waals surface area contributed by atoms with Crippen LogP contribution in [0.5, 0.6) is 0 Å². The van der Waals surface area contributed by atoms with Crippen LogP contribution in [-0.4, -0.2) is 60.5 Å². The van der Waals surface area contributed by atoms with Gasteiger partial charge in [-0.1, -0.05) is 26.3 Å². The first kappa shape index (κ1) is 30.5. The first-order valence-corrected chi connectivity index (χ1v) is 8.25. The SMILES string of the molecule is C=C(C)C(=O)O.C=C(C)C(=O)OCCO.C=C(C)C(=O)OCCOC(=O)C(=C)C. The fourth-order valence-electron chi connectivity index (χ4n) is 0.777. The van der Waals surface area contributed by atoms with E-state index in [-0.39, 0.29) is 32.0 Å². The van der Waals surface area contributed by atoms with E-state index in [0.717, 1.165) is 0 Å². The van der Waals surface area contributed by atoms with Crippen molar-refractivity contribution >= 4 is 23.9 Å². The van der Waals surface area contributed by atoms with Crippen LogP contribution in [0.4, 0.5) is 0 Å². The third kappa shape index (κ3) is 22.8. The molecule has 0 aromatic rings. The van der Waals surface area contributed by atoms with Gasteiger partial charge < -0.3 is 24.4 Å². The maximum atomic E-state index is 10.8. The molecule has 9 nitrogen and oxygen atoms in total. The molecule has 0 aromatic heterocycles. The Morgan fingerprint density at radius 3 is 1.03 bits per heavy atom. The topological polar surface area (TPSA) is 136 Å². The Morgan fingerprint density at radius 2 is 0.862 bits per heavy atom. The Kier molecular flexibility index (Phi) is 19.1. The van der Waals surface area contributed by atoms with E-state index in [2.05, 4.69) is 40.5 Å². The number of ether oxygens (including phenoxy) is 3. The number of esters is 3. The van der Waals surface area contributed by atoms with Crippen LogP contribution < -0.4 is 0 Å². The Morgan fingerprint density at radius 1 is 0.621 bits per heavy atom. The van der Waals surface area contributed by atoms with Crippen molar-refractivity contribution in [3.8, 4) is 0 Å². The summed E-state index contributed by atoms with van der Waals surface area (Å²) in [6.45, 7) is 19.4. The van der Waals surface area contributed by atoms with Gasteiger partial charge in [-0.05, 0) is 27.7 Å². The van der Waals surface area contributed by atoms with Crippen molar-refractivity contribution in [1.82, 2.24) is 0 Å². The highest BCUT2D eigenvalue weighted by atomic mass is 16.6. The van der Waals surface area contributed by atoms with E-state index in [1.54, 1.807) is 20.8 Å². The Bertz CT molecular complexity index is 590. The summed E-state index contributed by atoms with van der Waals surface area (Å²) in [4.78, 5) is 41.8. The summed E-state index contributed by atoms with van der Waals surface area (Å²) in [5.74, 6) is -2.37. The number of carbonyl (C=O) groups is 4. The lowest BCUT2D eigenvalue weighted by Gasteiger charge is -2.05. The van der Waals surface area contributed by atoms with Crippen LogP contribution >= 0.6 is 0 Å². The zero-order valence-corrected chi connectivity index (χ0v) is 17.4. The Balaban J connectivity index is -0.000000386. The minimum absolute atomic E-state index is 0.0325. The monoisotopic (exact) mass is 414 g/mol. The highest BCUT2D eigenvalue weighted by Crippen LogP contribution is 1.94. The average Bonchev–Trinajstić information content (AvgIpc) is 2.63. The van der Waals surface area contributed by atoms with Gasteiger partial charge in [0.15, 0.2) is 0 Å². The van der Waals surface area contributed by atoms with Gasteiger partial charge in [-0.25, -0.2) is 19.2 Å². The molecule has 0 aliphatic carbocycles. The quantitative estimate of drug-likeness (QED) is 0.251. The van der Waals surface area contributed by atoms with Crippen molar-refractivity contribution in [2.45, 2.75) is 27.7 Å². The predicted molar refractivity (Wildman–Crippen MR) is 107 cm³/mol. The van der Waals surface area contributed by atoms with E-state index in [0.29, 0.717) is 16.7 Å². The lowest BCUT2D eigenvalue weighted by molar-refractivity contribution is -0.147. The van der Waals surface area contributed by atoms with Gasteiger partial charge in [-0.15, -0.1) is 0 Å². The molecule has 0 heterocycles. The first-order chi connectivity index (χ1) is 13.3. The molecule has 9 heteroatoms. The van der Waals surface area contributed by atoms with Crippen LogP contribution in [0.1, 0.15) is 27.7 Å². The summed E-state index contributed by atoms with van der Waals surface area (Å²) in [5, 5.41) is 16.1. The van der Waals surface area contributed by atoms with E-state index >= 15 is 0 Å². The minimum atomic E-state index is -0.935. The minimum Gasteiger partial charge on any atom is -0.478 e. The lowest BCUT2D eigenvalue weighted by Crippen LogP contribution is -2.14. The molecular formula is C20H30O9. The summed E-state index contributed by atoms with van der Waals surface area (Å²) < 4.78 is 13.8. The van der Waals surface area contributed by atoms with Gasteiger partial charge in [0.25, 0.3) is 0 Å². The lowest BCUT2D eigenvalue weighted by atomic mass is 10.4. The van der Waals surface area contributed by atoms with Crippen molar-refractivity contribution in [2.75, 3.05) is 26.4 Å². The normalized spacial score (nSPS) is 8.59. The van der Waals surface area contributed by atoms with Gasteiger partial charge in [0.05, 0.1) is 6.61 Å². The molecule has 0 aliphatic rings. The second-order valence-electron chi connectivity index (χ2n) is 5.56. The number of carboxylic acid groups (broad SMARTS) is 1. The molecule has 0 atom stereocenters. The molecule has 29 heavy (non-hydrogen) atoms. The number of rotatable bonds is 9. The number of hydrogen-bond acceptors (Lipinski definition) is 8. The molecule has 2 N–H and O–H groups in total. The predicted octanol–water partition coefficient (Wildman–Crippen LogP) is 1.97. The van der Waals surface area contributed by atoms with Crippen LogP contribution in [0.3, 0.4) is 0 Å². The van der Waals surface area contributed by atoms with Crippen LogP contribution in [0.15, 0.2) is 48.6 Å². The van der Waals surface area contributed by atoms with Gasteiger partial charge >= 0.3 is 23.9 Å². The van der Waals surface area contributed by atoms with E-state index in [1.165, 1.54) is 6.92 Å². The van der Waals surface area contributed by atoms with Gasteiger partial charge in [-0.3, -0.25) is 0 Å². The zero-order valence-electron chi connectivity index (χ0n) is 17.4. The summed E-state index contributed by atoms with van der Waals surface area (Å²) in [6, 6.07) is 0. The maximum Gasteiger partial charge on any atom is 0.333 e. The summed E-state index contributed by atoms with van der Waals surface area (Å²) >= 11 is 0. The maximum absolute atomic E-state index is 10.8. The van der Waals surface area contributed by atoms with E-state index in [1.807, 2.05) is 0 Å². The van der Waals surface area contributed by atoms with Crippen molar-refractivity contribution in [3.05, 3.63) is 48.6 Å². The standard InChI is InChI=1S/C10H14O4.C6H10O3.C4H6O2/c1-7(2)9(11)13-5-6-14-10(12)8(3)4;1-5(2)6(8)9-4-3-7;1-3(2)4(5)6/h1,3,5-6H2,2,4H3;7H,1,3-4H2,2H3;1H2,2H3,(H,5,6). The first-order valence-electron chi connectivity index (χ1n) is 8.25. The molecule has 0 radical (unpaired) electrons. The zero-order chi connectivity index (χ0) is 23.6. The number of aliphatic carboxylic acids is 1. The summed E-state index contributed by atoms with van der Waals surface area (Å²) in [6.07, 6.45) is 0. The molecule has 0 saturated heterocycles. The molecule has 0 spiro atoms. The Labute approximate surface area is 171 Å². The number of aliphatic hydroxyl groups excluding tert-OH is 1. The molecule has 164 valence electrons. The smallest absolute Gasteiger partial charge is 0.333 e. The van der Waals surface area contributed by atoms with Crippen LogP contribution in [-0.2, 0) is 33.4 Å². The van der Waals surface area contributed by atoms with E-state index in [4.69, 9.17) is 10.2 Å². The molecule has 0 aliphatic heterocycles. The van der Waals surface area contributed by atoms with Crippen LogP contribution in [0, 0.1) is 0 Å². The third-order valence-corrected chi connectivity index (χ3v) is 2.28. The fourth-order valence-corrected chi connectivity index (χ4v) is 0.777. The molecule has 0 saturated carbocycles. The molecular weight excluding hydrogens is 384 g/mol. The average molecular weight is 414 g/mol. The van der Waals surface area contributed by atoms with Gasteiger partial charge in [0.1, 0.15) is 19.8 Å². The molecule has 0 unspecified atom stereocenters. The van der Waals surface area contributed by atoms with E-state index < -0.39 is 23.9 Å². The number of aliphatic hydroxyl groups is 1. The van der Waals surface area contributed by atoms with Crippen molar-refractivity contribution in [1.29, 1.82) is 0 Å². The molecule has 0 fully saturated rings.